The number of para-hydroxylation sites is 1. The molecule has 0 aliphatic carbocycles. The van der Waals surface area contributed by atoms with Crippen molar-refractivity contribution >= 4 is 11.6 Å². The van der Waals surface area contributed by atoms with E-state index in [0.717, 1.165) is 10.2 Å². The van der Waals surface area contributed by atoms with Gasteiger partial charge in [0, 0.05) is 25.9 Å². The van der Waals surface area contributed by atoms with E-state index in [1.807, 2.05) is 0 Å². The fourth-order valence-corrected chi connectivity index (χ4v) is 3.36. The summed E-state index contributed by atoms with van der Waals surface area (Å²) in [5.74, 6) is 0.0985. The molecule has 0 aliphatic rings. The Morgan fingerprint density at radius 3 is 2.68 bits per heavy atom. The molecule has 3 heterocycles. The number of carbonyl (C=O) groups excluding carboxylic acids is 1. The maximum absolute atomic E-state index is 13.8. The number of aromatic nitrogens is 5. The van der Waals surface area contributed by atoms with Gasteiger partial charge in [-0.25, -0.2) is 18.3 Å². The number of fused-ring (bicyclic) bond motifs is 1. The van der Waals surface area contributed by atoms with Crippen LogP contribution in [0.1, 0.15) is 28.2 Å². The van der Waals surface area contributed by atoms with E-state index < -0.39 is 6.43 Å². The van der Waals surface area contributed by atoms with Crippen LogP contribution in [0.4, 0.5) is 8.78 Å². The Morgan fingerprint density at radius 2 is 2.00 bits per heavy atom. The van der Waals surface area contributed by atoms with E-state index in [1.165, 1.54) is 24.3 Å². The number of methoxy groups -OCH3 is 1. The lowest BCUT2D eigenvalue weighted by atomic mass is 10.1. The van der Waals surface area contributed by atoms with E-state index in [-0.39, 0.29) is 28.5 Å². The van der Waals surface area contributed by atoms with Crippen LogP contribution in [0.15, 0.2) is 48.8 Å². The van der Waals surface area contributed by atoms with Gasteiger partial charge in [0.2, 0.25) is 0 Å². The highest BCUT2D eigenvalue weighted by atomic mass is 19.3. The van der Waals surface area contributed by atoms with Crippen LogP contribution < -0.4 is 4.74 Å². The summed E-state index contributed by atoms with van der Waals surface area (Å²) in [5.41, 5.74) is 1.45. The highest BCUT2D eigenvalue weighted by Gasteiger charge is 2.24. The molecule has 0 saturated carbocycles. The molecule has 1 aromatic carbocycles. The minimum absolute atomic E-state index is 0.0561. The molecule has 0 spiro atoms. The second kappa shape index (κ2) is 8.13. The van der Waals surface area contributed by atoms with Gasteiger partial charge in [-0.3, -0.25) is 9.48 Å². The molecule has 0 N–H and O–H groups in total. The van der Waals surface area contributed by atoms with Gasteiger partial charge in [-0.2, -0.15) is 10.2 Å². The molecule has 4 rings (SSSR count). The summed E-state index contributed by atoms with van der Waals surface area (Å²) in [6.07, 6.45) is 0.0929. The Labute approximate surface area is 176 Å². The minimum Gasteiger partial charge on any atom is -0.496 e. The number of carbonyl (C=O) groups is 1. The number of nitrogens with zero attached hydrogens (tertiary/aromatic N) is 6. The molecule has 10 heteroatoms. The second-order valence-corrected chi connectivity index (χ2v) is 6.97. The molecule has 1 amide bonds. The zero-order valence-corrected chi connectivity index (χ0v) is 17.2. The van der Waals surface area contributed by atoms with Gasteiger partial charge in [0.25, 0.3) is 12.3 Å². The van der Waals surface area contributed by atoms with Crippen LogP contribution in [0.5, 0.6) is 5.75 Å². The van der Waals surface area contributed by atoms with Gasteiger partial charge in [0.1, 0.15) is 17.0 Å². The van der Waals surface area contributed by atoms with Crippen LogP contribution in [-0.2, 0) is 13.6 Å². The van der Waals surface area contributed by atoms with Crippen LogP contribution in [0.2, 0.25) is 0 Å². The summed E-state index contributed by atoms with van der Waals surface area (Å²) in [6, 6.07) is 10.0. The average Bonchev–Trinajstić information content (AvgIpc) is 3.38. The van der Waals surface area contributed by atoms with E-state index >= 15 is 0 Å². The smallest absolute Gasteiger partial charge is 0.280 e. The number of benzene rings is 1. The maximum atomic E-state index is 13.8. The number of amides is 1. The lowest BCUT2D eigenvalue weighted by molar-refractivity contribution is 0.0783. The van der Waals surface area contributed by atoms with Gasteiger partial charge in [-0.1, -0.05) is 12.1 Å². The van der Waals surface area contributed by atoms with Crippen molar-refractivity contribution in [3.63, 3.8) is 0 Å². The largest absolute Gasteiger partial charge is 0.496 e. The van der Waals surface area contributed by atoms with Crippen LogP contribution in [-0.4, -0.2) is 49.3 Å². The van der Waals surface area contributed by atoms with Gasteiger partial charge in [-0.05, 0) is 24.3 Å². The van der Waals surface area contributed by atoms with Crippen molar-refractivity contribution in [1.82, 2.24) is 29.3 Å². The molecule has 160 valence electrons. The van der Waals surface area contributed by atoms with E-state index in [9.17, 15) is 13.6 Å². The van der Waals surface area contributed by atoms with E-state index in [1.54, 1.807) is 55.3 Å². The van der Waals surface area contributed by atoms with Crippen LogP contribution >= 0.6 is 0 Å². The molecule has 0 radical (unpaired) electrons. The summed E-state index contributed by atoms with van der Waals surface area (Å²) < 4.78 is 35.6. The second-order valence-electron chi connectivity index (χ2n) is 6.97. The number of ether oxygens (including phenoxy) is 1. The standard InChI is InChI=1S/C21H20F2N6O2/c1-27(12-13-8-9-24-28(13)2)21(30)15-11-25-29-17(19(22)23)10-16(26-20(15)29)14-6-4-5-7-18(14)31-3/h4-11,19H,12H2,1-3H3. The van der Waals surface area contributed by atoms with E-state index in [4.69, 9.17) is 4.74 Å². The number of alkyl halides is 2. The Kier molecular flexibility index (Phi) is 5.37. The molecule has 0 bridgehead atoms. The maximum Gasteiger partial charge on any atom is 0.280 e. The average molecular weight is 426 g/mol. The first-order valence-corrected chi connectivity index (χ1v) is 9.43. The SMILES string of the molecule is COc1ccccc1-c1cc(C(F)F)n2ncc(C(=O)N(C)Cc3ccnn3C)c2n1. The summed E-state index contributed by atoms with van der Waals surface area (Å²) in [4.78, 5) is 19.1. The number of rotatable bonds is 6. The molecule has 0 saturated heterocycles. The monoisotopic (exact) mass is 426 g/mol. The fourth-order valence-electron chi connectivity index (χ4n) is 3.36. The Balaban J connectivity index is 1.81. The van der Waals surface area contributed by atoms with Gasteiger partial charge >= 0.3 is 0 Å². The zero-order chi connectivity index (χ0) is 22.1. The first-order chi connectivity index (χ1) is 14.9. The number of halogens is 2. The summed E-state index contributed by atoms with van der Waals surface area (Å²) in [5, 5.41) is 8.10. The molecule has 8 nitrogen and oxygen atoms in total. The molecule has 0 atom stereocenters. The molecular weight excluding hydrogens is 406 g/mol. The van der Waals surface area contributed by atoms with Crippen LogP contribution in [0, 0.1) is 0 Å². The normalized spacial score (nSPS) is 11.3. The lowest BCUT2D eigenvalue weighted by Crippen LogP contribution is -2.27. The Hall–Kier alpha value is -3.82. The summed E-state index contributed by atoms with van der Waals surface area (Å²) in [6.45, 7) is 0.292. The Bertz CT molecular complexity index is 1250. The van der Waals surface area contributed by atoms with E-state index in [2.05, 4.69) is 15.2 Å². The Morgan fingerprint density at radius 1 is 1.23 bits per heavy atom. The van der Waals surface area contributed by atoms with Gasteiger partial charge < -0.3 is 9.64 Å². The van der Waals surface area contributed by atoms with Crippen molar-refractivity contribution in [2.24, 2.45) is 7.05 Å². The molecule has 0 unspecified atom stereocenters. The molecular formula is C21H20F2N6O2. The van der Waals surface area contributed by atoms with Gasteiger partial charge in [-0.15, -0.1) is 0 Å². The van der Waals surface area contributed by atoms with Crippen molar-refractivity contribution in [3.05, 3.63) is 65.7 Å². The molecule has 31 heavy (non-hydrogen) atoms. The molecule has 3 aromatic heterocycles. The molecule has 4 aromatic rings. The van der Waals surface area contributed by atoms with Gasteiger partial charge in [0.15, 0.2) is 5.65 Å². The first-order valence-electron chi connectivity index (χ1n) is 9.43. The van der Waals surface area contributed by atoms with E-state index in [0.29, 0.717) is 17.9 Å². The third kappa shape index (κ3) is 3.72. The molecule has 0 aliphatic heterocycles. The van der Waals surface area contributed by atoms with Crippen molar-refractivity contribution in [2.45, 2.75) is 13.0 Å². The topological polar surface area (TPSA) is 77.5 Å². The van der Waals surface area contributed by atoms with Crippen molar-refractivity contribution in [3.8, 4) is 17.0 Å². The molecule has 0 fully saturated rings. The number of aryl methyl sites for hydroxylation is 1. The third-order valence-corrected chi connectivity index (χ3v) is 5.00. The van der Waals surface area contributed by atoms with Gasteiger partial charge in [0.05, 0.1) is 31.2 Å². The number of hydrogen-bond donors (Lipinski definition) is 0. The predicted octanol–water partition coefficient (Wildman–Crippen LogP) is 3.35. The minimum atomic E-state index is -2.81. The highest BCUT2D eigenvalue weighted by Crippen LogP contribution is 2.32. The van der Waals surface area contributed by atoms with Crippen molar-refractivity contribution < 1.29 is 18.3 Å². The highest BCUT2D eigenvalue weighted by molar-refractivity contribution is 5.99. The first kappa shape index (κ1) is 20.5. The fraction of sp³-hybridized carbons (Fsp3) is 0.238. The quantitative estimate of drug-likeness (QED) is 0.473. The van der Waals surface area contributed by atoms with Crippen LogP contribution in [0.25, 0.3) is 16.9 Å². The third-order valence-electron chi connectivity index (χ3n) is 5.00. The predicted molar refractivity (Wildman–Crippen MR) is 109 cm³/mol. The lowest BCUT2D eigenvalue weighted by Gasteiger charge is -2.17. The van der Waals surface area contributed by atoms with Crippen LogP contribution in [0.3, 0.4) is 0 Å². The summed E-state index contributed by atoms with van der Waals surface area (Å²) in [7, 11) is 4.89. The number of hydrogen-bond acceptors (Lipinski definition) is 5. The zero-order valence-electron chi connectivity index (χ0n) is 17.2. The van der Waals surface area contributed by atoms with Crippen molar-refractivity contribution in [1.29, 1.82) is 0 Å². The summed E-state index contributed by atoms with van der Waals surface area (Å²) >= 11 is 0. The van der Waals surface area contributed by atoms with Crippen molar-refractivity contribution in [2.75, 3.05) is 14.2 Å².